The van der Waals surface area contributed by atoms with Crippen LogP contribution in [-0.2, 0) is 0 Å². The van der Waals surface area contributed by atoms with Crippen LogP contribution in [0.4, 0.5) is 15.8 Å². The minimum atomic E-state index is -0.218. The van der Waals surface area contributed by atoms with E-state index in [1.807, 2.05) is 36.4 Å². The highest BCUT2D eigenvalue weighted by Crippen LogP contribution is 2.35. The van der Waals surface area contributed by atoms with Crippen LogP contribution in [0.3, 0.4) is 0 Å². The van der Waals surface area contributed by atoms with E-state index in [9.17, 15) is 4.39 Å². The minimum Gasteiger partial charge on any atom is -0.376 e. The van der Waals surface area contributed by atoms with E-state index in [4.69, 9.17) is 4.99 Å². The number of nitrogens with zero attached hydrogens (tertiary/aromatic N) is 1. The molecule has 0 saturated carbocycles. The molecule has 0 spiro atoms. The van der Waals surface area contributed by atoms with Crippen molar-refractivity contribution in [3.05, 3.63) is 93.3 Å². The summed E-state index contributed by atoms with van der Waals surface area (Å²) in [5.74, 6) is -0.218. The molecule has 1 unspecified atom stereocenters. The van der Waals surface area contributed by atoms with Crippen LogP contribution >= 0.6 is 22.6 Å². The van der Waals surface area contributed by atoms with Crippen LogP contribution < -0.4 is 5.32 Å². The molecule has 0 amide bonds. The molecule has 0 bridgehead atoms. The molecule has 0 fully saturated rings. The number of benzene rings is 3. The lowest BCUT2D eigenvalue weighted by atomic mass is 9.97. The van der Waals surface area contributed by atoms with Crippen LogP contribution in [0.25, 0.3) is 0 Å². The molecule has 1 N–H and O–H groups in total. The Labute approximate surface area is 160 Å². The molecule has 0 radical (unpaired) electrons. The zero-order valence-electron chi connectivity index (χ0n) is 13.4. The number of anilines is 1. The summed E-state index contributed by atoms with van der Waals surface area (Å²) in [6.07, 6.45) is 0.737. The first-order chi connectivity index (χ1) is 12.2. The first-order valence-electron chi connectivity index (χ1n) is 8.13. The maximum atomic E-state index is 13.3. The summed E-state index contributed by atoms with van der Waals surface area (Å²) in [6.45, 7) is 0. The first kappa shape index (κ1) is 16.3. The van der Waals surface area contributed by atoms with Crippen molar-refractivity contribution >= 4 is 39.7 Å². The number of aliphatic imine (C=N–C) groups is 1. The Morgan fingerprint density at radius 3 is 2.40 bits per heavy atom. The van der Waals surface area contributed by atoms with Gasteiger partial charge in [0.15, 0.2) is 0 Å². The number of nitrogens with one attached hydrogen (secondary N) is 1. The van der Waals surface area contributed by atoms with E-state index >= 15 is 0 Å². The van der Waals surface area contributed by atoms with Crippen LogP contribution in [0.15, 0.2) is 77.8 Å². The van der Waals surface area contributed by atoms with Crippen LogP contribution in [-0.4, -0.2) is 5.71 Å². The zero-order chi connectivity index (χ0) is 17.2. The maximum absolute atomic E-state index is 13.3. The Hall–Kier alpha value is -2.21. The van der Waals surface area contributed by atoms with Crippen LogP contribution in [0.2, 0.25) is 0 Å². The SMILES string of the molecule is Fc1ccc(C2CC(c3ccc(I)cc3)=Nc3ccccc3N2)cc1. The summed E-state index contributed by atoms with van der Waals surface area (Å²) in [6, 6.07) is 23.2. The van der Waals surface area contributed by atoms with Gasteiger partial charge in [-0.05, 0) is 70.1 Å². The van der Waals surface area contributed by atoms with Gasteiger partial charge in [0, 0.05) is 9.99 Å². The van der Waals surface area contributed by atoms with Gasteiger partial charge in [-0.15, -0.1) is 0 Å². The van der Waals surface area contributed by atoms with Gasteiger partial charge in [-0.25, -0.2) is 4.39 Å². The third kappa shape index (κ3) is 3.58. The van der Waals surface area contributed by atoms with Gasteiger partial charge in [0.2, 0.25) is 0 Å². The Balaban J connectivity index is 1.78. The molecule has 2 nitrogen and oxygen atoms in total. The number of halogens is 2. The molecular formula is C21H16FIN2. The molecule has 4 heteroatoms. The second kappa shape index (κ2) is 6.96. The van der Waals surface area contributed by atoms with Crippen molar-refractivity contribution in [1.29, 1.82) is 0 Å². The summed E-state index contributed by atoms with van der Waals surface area (Å²) >= 11 is 2.30. The highest BCUT2D eigenvalue weighted by molar-refractivity contribution is 14.1. The average molecular weight is 442 g/mol. The molecule has 124 valence electrons. The van der Waals surface area contributed by atoms with E-state index in [0.29, 0.717) is 0 Å². The summed E-state index contributed by atoms with van der Waals surface area (Å²) in [4.78, 5) is 4.91. The molecule has 25 heavy (non-hydrogen) atoms. The van der Waals surface area contributed by atoms with Gasteiger partial charge >= 0.3 is 0 Å². The smallest absolute Gasteiger partial charge is 0.123 e. The fourth-order valence-corrected chi connectivity index (χ4v) is 3.40. The maximum Gasteiger partial charge on any atom is 0.123 e. The van der Waals surface area contributed by atoms with Crippen molar-refractivity contribution in [3.63, 3.8) is 0 Å². The Bertz CT molecular complexity index is 917. The van der Waals surface area contributed by atoms with Crippen LogP contribution in [0.1, 0.15) is 23.6 Å². The van der Waals surface area contributed by atoms with Crippen LogP contribution in [0.5, 0.6) is 0 Å². The molecule has 0 saturated heterocycles. The zero-order valence-corrected chi connectivity index (χ0v) is 15.6. The van der Waals surface area contributed by atoms with Crippen molar-refractivity contribution < 1.29 is 4.39 Å². The third-order valence-corrected chi connectivity index (χ3v) is 5.06. The second-order valence-electron chi connectivity index (χ2n) is 6.04. The summed E-state index contributed by atoms with van der Waals surface area (Å²) < 4.78 is 14.5. The Morgan fingerprint density at radius 1 is 0.920 bits per heavy atom. The monoisotopic (exact) mass is 442 g/mol. The van der Waals surface area contributed by atoms with Crippen molar-refractivity contribution in [2.75, 3.05) is 5.32 Å². The Morgan fingerprint density at radius 2 is 1.64 bits per heavy atom. The topological polar surface area (TPSA) is 24.4 Å². The quantitative estimate of drug-likeness (QED) is 0.476. The molecular weight excluding hydrogens is 426 g/mol. The van der Waals surface area contributed by atoms with Crippen molar-refractivity contribution in [2.45, 2.75) is 12.5 Å². The molecule has 3 aromatic rings. The van der Waals surface area contributed by atoms with Gasteiger partial charge in [-0.1, -0.05) is 36.4 Å². The number of hydrogen-bond donors (Lipinski definition) is 1. The van der Waals surface area contributed by atoms with Crippen LogP contribution in [0, 0.1) is 9.39 Å². The van der Waals surface area contributed by atoms with E-state index < -0.39 is 0 Å². The second-order valence-corrected chi connectivity index (χ2v) is 7.28. The molecule has 4 rings (SSSR count). The highest BCUT2D eigenvalue weighted by atomic mass is 127. The fraction of sp³-hybridized carbons (Fsp3) is 0.0952. The molecule has 3 aromatic carbocycles. The van der Waals surface area contributed by atoms with Gasteiger partial charge in [-0.2, -0.15) is 0 Å². The highest BCUT2D eigenvalue weighted by Gasteiger charge is 2.21. The number of rotatable bonds is 2. The predicted octanol–water partition coefficient (Wildman–Crippen LogP) is 6.11. The molecule has 1 heterocycles. The molecule has 1 aliphatic heterocycles. The standard InChI is InChI=1S/C21H16FIN2/c22-16-9-5-14(6-10-16)20-13-21(15-7-11-17(23)12-8-15)25-19-4-2-1-3-18(19)24-20/h1-12,20,24H,13H2. The van der Waals surface area contributed by atoms with Gasteiger partial charge in [0.25, 0.3) is 0 Å². The molecule has 1 atom stereocenters. The lowest BCUT2D eigenvalue weighted by molar-refractivity contribution is 0.626. The fourth-order valence-electron chi connectivity index (χ4n) is 3.04. The van der Waals surface area contributed by atoms with E-state index in [1.54, 1.807) is 0 Å². The lowest BCUT2D eigenvalue weighted by Crippen LogP contribution is -2.14. The van der Waals surface area contributed by atoms with Crippen molar-refractivity contribution in [1.82, 2.24) is 0 Å². The number of para-hydroxylation sites is 2. The number of hydrogen-bond acceptors (Lipinski definition) is 2. The third-order valence-electron chi connectivity index (χ3n) is 4.34. The largest absolute Gasteiger partial charge is 0.376 e. The van der Waals surface area contributed by atoms with E-state index in [0.717, 1.165) is 34.6 Å². The lowest BCUT2D eigenvalue weighted by Gasteiger charge is -2.19. The molecule has 0 aliphatic carbocycles. The van der Waals surface area contributed by atoms with E-state index in [2.05, 4.69) is 52.2 Å². The average Bonchev–Trinajstić information content (AvgIpc) is 2.82. The molecule has 1 aliphatic rings. The van der Waals surface area contributed by atoms with Crippen molar-refractivity contribution in [2.24, 2.45) is 4.99 Å². The van der Waals surface area contributed by atoms with Gasteiger partial charge in [0.1, 0.15) is 5.82 Å². The summed E-state index contributed by atoms with van der Waals surface area (Å²) in [7, 11) is 0. The summed E-state index contributed by atoms with van der Waals surface area (Å²) in [5.41, 5.74) is 5.13. The summed E-state index contributed by atoms with van der Waals surface area (Å²) in [5, 5.41) is 3.57. The Kier molecular flexibility index (Phi) is 4.53. The van der Waals surface area contributed by atoms with Gasteiger partial charge in [-0.3, -0.25) is 4.99 Å². The molecule has 0 aromatic heterocycles. The van der Waals surface area contributed by atoms with Crippen molar-refractivity contribution in [3.8, 4) is 0 Å². The minimum absolute atomic E-state index is 0.0438. The van der Waals surface area contributed by atoms with E-state index in [1.165, 1.54) is 15.7 Å². The van der Waals surface area contributed by atoms with Gasteiger partial charge < -0.3 is 5.32 Å². The number of fused-ring (bicyclic) bond motifs is 1. The normalized spacial score (nSPS) is 16.4. The predicted molar refractivity (Wildman–Crippen MR) is 109 cm³/mol. The first-order valence-corrected chi connectivity index (χ1v) is 9.21. The van der Waals surface area contributed by atoms with Gasteiger partial charge in [0.05, 0.1) is 23.1 Å². The van der Waals surface area contributed by atoms with E-state index in [-0.39, 0.29) is 11.9 Å².